The second-order valence-electron chi connectivity index (χ2n) is 4.77. The molecule has 1 N–H and O–H groups in total. The van der Waals surface area contributed by atoms with Crippen molar-refractivity contribution in [1.82, 2.24) is 24.9 Å². The van der Waals surface area contributed by atoms with Gasteiger partial charge in [0.1, 0.15) is 5.75 Å². The van der Waals surface area contributed by atoms with E-state index in [9.17, 15) is 4.79 Å². The smallest absolute Gasteiger partial charge is 0.291 e. The molecule has 1 atom stereocenters. The maximum absolute atomic E-state index is 12.2. The Hall–Kier alpha value is -2.96. The zero-order chi connectivity index (χ0) is 15.5. The minimum absolute atomic E-state index is 0.0912. The van der Waals surface area contributed by atoms with Crippen LogP contribution in [0.25, 0.3) is 5.78 Å². The number of hydrogen-bond donors (Lipinski definition) is 1. The number of rotatable bonds is 4. The maximum atomic E-state index is 12.2. The van der Waals surface area contributed by atoms with Crippen LogP contribution in [0.15, 0.2) is 42.7 Å². The van der Waals surface area contributed by atoms with E-state index in [0.717, 1.165) is 11.3 Å². The number of ether oxygens (including phenoxy) is 1. The van der Waals surface area contributed by atoms with Crippen LogP contribution in [-0.4, -0.2) is 32.6 Å². The number of aromatic nitrogens is 4. The molecule has 7 heteroatoms. The first kappa shape index (κ1) is 14.0. The van der Waals surface area contributed by atoms with Crippen LogP contribution in [0, 0.1) is 0 Å². The second kappa shape index (κ2) is 5.80. The van der Waals surface area contributed by atoms with Crippen LogP contribution in [0.5, 0.6) is 5.75 Å². The van der Waals surface area contributed by atoms with Gasteiger partial charge < -0.3 is 10.1 Å². The molecule has 7 nitrogen and oxygen atoms in total. The third kappa shape index (κ3) is 2.73. The number of fused-ring (bicyclic) bond motifs is 1. The lowest BCUT2D eigenvalue weighted by Crippen LogP contribution is -2.27. The molecular formula is C15H15N5O2. The number of methoxy groups -OCH3 is 1. The molecule has 3 aromatic rings. The van der Waals surface area contributed by atoms with Crippen LogP contribution in [-0.2, 0) is 0 Å². The molecule has 112 valence electrons. The summed E-state index contributed by atoms with van der Waals surface area (Å²) in [6.45, 7) is 1.89. The van der Waals surface area contributed by atoms with Gasteiger partial charge in [-0.3, -0.25) is 4.79 Å². The fraction of sp³-hybridized carbons (Fsp3) is 0.200. The molecule has 0 spiro atoms. The van der Waals surface area contributed by atoms with Gasteiger partial charge in [0.2, 0.25) is 5.82 Å². The highest BCUT2D eigenvalue weighted by Gasteiger charge is 2.16. The maximum Gasteiger partial charge on any atom is 0.291 e. The van der Waals surface area contributed by atoms with Gasteiger partial charge in [-0.25, -0.2) is 9.50 Å². The van der Waals surface area contributed by atoms with Crippen molar-refractivity contribution in [2.75, 3.05) is 7.11 Å². The molecule has 2 aromatic heterocycles. The fourth-order valence-electron chi connectivity index (χ4n) is 2.08. The van der Waals surface area contributed by atoms with Gasteiger partial charge in [-0.05, 0) is 30.7 Å². The summed E-state index contributed by atoms with van der Waals surface area (Å²) in [7, 11) is 1.61. The van der Waals surface area contributed by atoms with Gasteiger partial charge in [-0.1, -0.05) is 12.1 Å². The van der Waals surface area contributed by atoms with Gasteiger partial charge in [-0.2, -0.15) is 4.98 Å². The SMILES string of the molecule is COc1cccc([C@H](C)NC(=O)c2nc3ncccn3n2)c1. The largest absolute Gasteiger partial charge is 0.497 e. The molecule has 1 amide bonds. The fourth-order valence-corrected chi connectivity index (χ4v) is 2.08. The second-order valence-corrected chi connectivity index (χ2v) is 4.77. The normalized spacial score (nSPS) is 12.1. The van der Waals surface area contributed by atoms with Crippen molar-refractivity contribution < 1.29 is 9.53 Å². The lowest BCUT2D eigenvalue weighted by Gasteiger charge is -2.13. The molecule has 0 bridgehead atoms. The molecule has 22 heavy (non-hydrogen) atoms. The van der Waals surface area contributed by atoms with Crippen molar-refractivity contribution >= 4 is 11.7 Å². The quantitative estimate of drug-likeness (QED) is 0.791. The van der Waals surface area contributed by atoms with Crippen LogP contribution in [0.4, 0.5) is 0 Å². The van der Waals surface area contributed by atoms with E-state index < -0.39 is 0 Å². The molecule has 0 radical (unpaired) electrons. The number of hydrogen-bond acceptors (Lipinski definition) is 5. The summed E-state index contributed by atoms with van der Waals surface area (Å²) in [5.74, 6) is 0.879. The number of carbonyl (C=O) groups is 1. The van der Waals surface area contributed by atoms with E-state index in [1.807, 2.05) is 31.2 Å². The highest BCUT2D eigenvalue weighted by molar-refractivity contribution is 5.91. The first-order chi connectivity index (χ1) is 10.7. The molecule has 0 aliphatic heterocycles. The zero-order valence-corrected chi connectivity index (χ0v) is 12.2. The van der Waals surface area contributed by atoms with Gasteiger partial charge in [0.25, 0.3) is 11.7 Å². The molecular weight excluding hydrogens is 282 g/mol. The average molecular weight is 297 g/mol. The van der Waals surface area contributed by atoms with E-state index in [1.54, 1.807) is 25.6 Å². The molecule has 1 aromatic carbocycles. The van der Waals surface area contributed by atoms with Crippen molar-refractivity contribution in [1.29, 1.82) is 0 Å². The lowest BCUT2D eigenvalue weighted by atomic mass is 10.1. The van der Waals surface area contributed by atoms with E-state index in [1.165, 1.54) is 4.52 Å². The topological polar surface area (TPSA) is 81.4 Å². The van der Waals surface area contributed by atoms with E-state index >= 15 is 0 Å². The van der Waals surface area contributed by atoms with Gasteiger partial charge in [-0.15, -0.1) is 5.10 Å². The summed E-state index contributed by atoms with van der Waals surface area (Å²) in [6, 6.07) is 9.07. The van der Waals surface area contributed by atoms with Crippen molar-refractivity contribution in [3.8, 4) is 5.75 Å². The minimum Gasteiger partial charge on any atom is -0.497 e. The first-order valence-electron chi connectivity index (χ1n) is 6.79. The zero-order valence-electron chi connectivity index (χ0n) is 12.2. The molecule has 0 fully saturated rings. The van der Waals surface area contributed by atoms with Crippen LogP contribution in [0.3, 0.4) is 0 Å². The Morgan fingerprint density at radius 3 is 3.00 bits per heavy atom. The number of benzene rings is 1. The van der Waals surface area contributed by atoms with Crippen LogP contribution in [0.2, 0.25) is 0 Å². The summed E-state index contributed by atoms with van der Waals surface area (Å²) < 4.78 is 6.65. The molecule has 0 aliphatic carbocycles. The predicted molar refractivity (Wildman–Crippen MR) is 79.7 cm³/mol. The van der Waals surface area contributed by atoms with Crippen molar-refractivity contribution in [2.45, 2.75) is 13.0 Å². The number of nitrogens with one attached hydrogen (secondary N) is 1. The Balaban J connectivity index is 1.77. The minimum atomic E-state index is -0.346. The number of carbonyl (C=O) groups excluding carboxylic acids is 1. The van der Waals surface area contributed by atoms with E-state index in [0.29, 0.717) is 5.78 Å². The monoisotopic (exact) mass is 297 g/mol. The number of amides is 1. The molecule has 0 aliphatic rings. The van der Waals surface area contributed by atoms with E-state index in [-0.39, 0.29) is 17.8 Å². The third-order valence-corrected chi connectivity index (χ3v) is 3.26. The Morgan fingerprint density at radius 2 is 2.23 bits per heavy atom. The molecule has 0 saturated carbocycles. The predicted octanol–water partition coefficient (Wildman–Crippen LogP) is 1.62. The van der Waals surface area contributed by atoms with E-state index in [2.05, 4.69) is 20.4 Å². The summed E-state index contributed by atoms with van der Waals surface area (Å²) in [5, 5.41) is 6.96. The highest BCUT2D eigenvalue weighted by atomic mass is 16.5. The van der Waals surface area contributed by atoms with Crippen LogP contribution in [0.1, 0.15) is 29.1 Å². The molecule has 2 heterocycles. The summed E-state index contributed by atoms with van der Waals surface area (Å²) in [5.41, 5.74) is 0.939. The first-order valence-corrected chi connectivity index (χ1v) is 6.79. The average Bonchev–Trinajstić information content (AvgIpc) is 2.99. The molecule has 0 saturated heterocycles. The Labute approximate surface area is 127 Å². The van der Waals surface area contributed by atoms with Crippen molar-refractivity contribution in [3.63, 3.8) is 0 Å². The summed E-state index contributed by atoms with van der Waals surface area (Å²) in [4.78, 5) is 20.4. The van der Waals surface area contributed by atoms with E-state index in [4.69, 9.17) is 4.74 Å². The summed E-state index contributed by atoms with van der Waals surface area (Å²) >= 11 is 0. The highest BCUT2D eigenvalue weighted by Crippen LogP contribution is 2.18. The van der Waals surface area contributed by atoms with Gasteiger partial charge in [0, 0.05) is 12.4 Å². The van der Waals surface area contributed by atoms with Gasteiger partial charge in [0.05, 0.1) is 13.2 Å². The van der Waals surface area contributed by atoms with Crippen LogP contribution >= 0.6 is 0 Å². The lowest BCUT2D eigenvalue weighted by molar-refractivity contribution is 0.0929. The Kier molecular flexibility index (Phi) is 3.69. The van der Waals surface area contributed by atoms with Crippen molar-refractivity contribution in [2.24, 2.45) is 0 Å². The standard InChI is InChI=1S/C15H15N5O2/c1-10(11-5-3-6-12(9-11)22-2)17-14(21)13-18-15-16-7-4-8-20(15)19-13/h3-10H,1-2H3,(H,17,21)/t10-/m0/s1. The molecule has 3 rings (SSSR count). The van der Waals surface area contributed by atoms with Crippen LogP contribution < -0.4 is 10.1 Å². The van der Waals surface area contributed by atoms with Gasteiger partial charge in [0.15, 0.2) is 0 Å². The third-order valence-electron chi connectivity index (χ3n) is 3.26. The Bertz CT molecular complexity index is 781. The Morgan fingerprint density at radius 1 is 1.36 bits per heavy atom. The number of nitrogens with zero attached hydrogens (tertiary/aromatic N) is 4. The molecule has 0 unspecified atom stereocenters. The van der Waals surface area contributed by atoms with Gasteiger partial charge >= 0.3 is 0 Å². The van der Waals surface area contributed by atoms with Crippen molar-refractivity contribution in [3.05, 3.63) is 54.1 Å². The summed E-state index contributed by atoms with van der Waals surface area (Å²) in [6.07, 6.45) is 3.29.